The molecule has 1 aromatic rings. The molecule has 3 rings (SSSR count). The number of aliphatic imine (C=N–C) groups is 1. The van der Waals surface area contributed by atoms with Crippen molar-refractivity contribution in [1.82, 2.24) is 10.6 Å². The minimum absolute atomic E-state index is 0. The van der Waals surface area contributed by atoms with Gasteiger partial charge in [-0.25, -0.2) is 0 Å². The smallest absolute Gasteiger partial charge is 0.191 e. The normalized spacial score (nSPS) is 19.6. The molecule has 1 saturated heterocycles. The predicted molar refractivity (Wildman–Crippen MR) is 122 cm³/mol. The third-order valence-electron chi connectivity index (χ3n) is 4.82. The lowest BCUT2D eigenvalue weighted by molar-refractivity contribution is 0.129. The molecule has 1 aromatic carbocycles. The second-order valence-electron chi connectivity index (χ2n) is 6.91. The maximum absolute atomic E-state index is 6.16. The third-order valence-corrected chi connectivity index (χ3v) is 5.06. The monoisotopic (exact) mass is 508 g/mol. The average molecular weight is 509 g/mol. The molecule has 0 bridgehead atoms. The summed E-state index contributed by atoms with van der Waals surface area (Å²) in [6.07, 6.45) is 3.69. The van der Waals surface area contributed by atoms with Crippen LogP contribution in [0.5, 0.6) is 5.75 Å². The average Bonchev–Trinajstić information content (AvgIpc) is 3.36. The topological polar surface area (TPSA) is 58.1 Å². The SMILES string of the molecule is CN=C(NCCOCC1CC1)NC1CCN(c2cc(Cl)ccc2OC)C1.I. The molecule has 1 heterocycles. The molecule has 1 aliphatic heterocycles. The molecule has 2 aliphatic rings. The summed E-state index contributed by atoms with van der Waals surface area (Å²) in [5.41, 5.74) is 1.04. The molecule has 152 valence electrons. The van der Waals surface area contributed by atoms with Crippen LogP contribution in [-0.4, -0.2) is 59.0 Å². The molecule has 8 heteroatoms. The summed E-state index contributed by atoms with van der Waals surface area (Å²) in [7, 11) is 3.49. The molecule has 27 heavy (non-hydrogen) atoms. The van der Waals surface area contributed by atoms with E-state index in [-0.39, 0.29) is 24.0 Å². The summed E-state index contributed by atoms with van der Waals surface area (Å²) in [4.78, 5) is 6.62. The Morgan fingerprint density at radius 2 is 2.15 bits per heavy atom. The number of guanidine groups is 1. The highest BCUT2D eigenvalue weighted by Gasteiger charge is 2.25. The quantitative estimate of drug-likeness (QED) is 0.245. The summed E-state index contributed by atoms with van der Waals surface area (Å²) >= 11 is 6.16. The molecule has 0 spiro atoms. The first-order chi connectivity index (χ1) is 12.7. The van der Waals surface area contributed by atoms with Gasteiger partial charge in [-0.3, -0.25) is 4.99 Å². The van der Waals surface area contributed by atoms with Crippen molar-refractivity contribution in [3.8, 4) is 5.75 Å². The van der Waals surface area contributed by atoms with Gasteiger partial charge < -0.3 is 25.0 Å². The van der Waals surface area contributed by atoms with E-state index in [1.54, 1.807) is 14.2 Å². The largest absolute Gasteiger partial charge is 0.495 e. The van der Waals surface area contributed by atoms with Gasteiger partial charge in [-0.1, -0.05) is 11.6 Å². The van der Waals surface area contributed by atoms with Crippen molar-refractivity contribution < 1.29 is 9.47 Å². The van der Waals surface area contributed by atoms with E-state index >= 15 is 0 Å². The lowest BCUT2D eigenvalue weighted by Crippen LogP contribution is -2.45. The minimum Gasteiger partial charge on any atom is -0.495 e. The van der Waals surface area contributed by atoms with Crippen molar-refractivity contribution in [2.75, 3.05) is 51.9 Å². The number of anilines is 1. The van der Waals surface area contributed by atoms with Crippen molar-refractivity contribution >= 4 is 47.2 Å². The van der Waals surface area contributed by atoms with Crippen molar-refractivity contribution in [2.45, 2.75) is 25.3 Å². The van der Waals surface area contributed by atoms with Crippen LogP contribution in [0.1, 0.15) is 19.3 Å². The third kappa shape index (κ3) is 6.87. The van der Waals surface area contributed by atoms with Gasteiger partial charge in [0, 0.05) is 44.4 Å². The molecule has 1 aliphatic carbocycles. The fourth-order valence-electron chi connectivity index (χ4n) is 3.17. The summed E-state index contributed by atoms with van der Waals surface area (Å²) in [5.74, 6) is 2.48. The van der Waals surface area contributed by atoms with Crippen molar-refractivity contribution in [1.29, 1.82) is 0 Å². The summed E-state index contributed by atoms with van der Waals surface area (Å²) in [6.45, 7) is 4.22. The lowest BCUT2D eigenvalue weighted by Gasteiger charge is -2.22. The van der Waals surface area contributed by atoms with Gasteiger partial charge in [-0.15, -0.1) is 24.0 Å². The molecule has 1 saturated carbocycles. The number of rotatable bonds is 8. The van der Waals surface area contributed by atoms with Gasteiger partial charge in [0.2, 0.25) is 0 Å². The van der Waals surface area contributed by atoms with Crippen LogP contribution in [-0.2, 0) is 4.74 Å². The van der Waals surface area contributed by atoms with E-state index < -0.39 is 0 Å². The molecule has 0 amide bonds. The van der Waals surface area contributed by atoms with Crippen LogP contribution in [0, 0.1) is 5.92 Å². The zero-order chi connectivity index (χ0) is 18.4. The Morgan fingerprint density at radius 3 is 2.85 bits per heavy atom. The van der Waals surface area contributed by atoms with Gasteiger partial charge in [-0.05, 0) is 43.4 Å². The first kappa shape index (κ1) is 22.4. The van der Waals surface area contributed by atoms with Gasteiger partial charge >= 0.3 is 0 Å². The van der Waals surface area contributed by atoms with Crippen LogP contribution in [0.15, 0.2) is 23.2 Å². The molecule has 0 aromatic heterocycles. The summed E-state index contributed by atoms with van der Waals surface area (Å²) in [6, 6.07) is 6.07. The van der Waals surface area contributed by atoms with E-state index in [0.717, 1.165) is 61.0 Å². The van der Waals surface area contributed by atoms with Crippen molar-refractivity contribution in [3.05, 3.63) is 23.2 Å². The standard InChI is InChI=1S/C19H29ClN4O2.HI/c1-21-19(22-8-10-26-13-14-3-4-14)23-16-7-9-24(12-16)17-11-15(20)5-6-18(17)25-2;/h5-6,11,14,16H,3-4,7-10,12-13H2,1-2H3,(H2,21,22,23);1H. The van der Waals surface area contributed by atoms with E-state index in [0.29, 0.717) is 12.6 Å². The number of hydrogen-bond donors (Lipinski definition) is 2. The predicted octanol–water partition coefficient (Wildman–Crippen LogP) is 3.14. The van der Waals surface area contributed by atoms with E-state index in [4.69, 9.17) is 21.1 Å². The minimum atomic E-state index is 0. The molecular weight excluding hydrogens is 479 g/mol. The Labute approximate surface area is 184 Å². The zero-order valence-electron chi connectivity index (χ0n) is 16.0. The number of nitrogens with one attached hydrogen (secondary N) is 2. The van der Waals surface area contributed by atoms with Gasteiger partial charge in [0.05, 0.1) is 19.4 Å². The number of methoxy groups -OCH3 is 1. The van der Waals surface area contributed by atoms with Gasteiger partial charge in [0.15, 0.2) is 5.96 Å². The Balaban J connectivity index is 0.00000261. The summed E-state index contributed by atoms with van der Waals surface area (Å²) in [5, 5.41) is 7.55. The van der Waals surface area contributed by atoms with Crippen LogP contribution >= 0.6 is 35.6 Å². The number of benzene rings is 1. The van der Waals surface area contributed by atoms with E-state index in [2.05, 4.69) is 20.5 Å². The maximum atomic E-state index is 6.16. The molecule has 0 radical (unpaired) electrons. The first-order valence-electron chi connectivity index (χ1n) is 9.33. The van der Waals surface area contributed by atoms with E-state index in [9.17, 15) is 0 Å². The number of nitrogens with zero attached hydrogens (tertiary/aromatic N) is 2. The lowest BCUT2D eigenvalue weighted by atomic mass is 10.2. The van der Waals surface area contributed by atoms with Crippen LogP contribution in [0.4, 0.5) is 5.69 Å². The fraction of sp³-hybridized carbons (Fsp3) is 0.632. The van der Waals surface area contributed by atoms with Gasteiger partial charge in [0.1, 0.15) is 5.75 Å². The van der Waals surface area contributed by atoms with Crippen LogP contribution in [0.2, 0.25) is 5.02 Å². The highest BCUT2D eigenvalue weighted by Crippen LogP contribution is 2.33. The number of halogens is 2. The summed E-state index contributed by atoms with van der Waals surface area (Å²) < 4.78 is 11.1. The van der Waals surface area contributed by atoms with Crippen molar-refractivity contribution in [3.63, 3.8) is 0 Å². The first-order valence-corrected chi connectivity index (χ1v) is 9.71. The highest BCUT2D eigenvalue weighted by molar-refractivity contribution is 14.0. The van der Waals surface area contributed by atoms with Gasteiger partial charge in [-0.2, -0.15) is 0 Å². The number of ether oxygens (including phenoxy) is 2. The maximum Gasteiger partial charge on any atom is 0.191 e. The molecule has 1 unspecified atom stereocenters. The van der Waals surface area contributed by atoms with Crippen molar-refractivity contribution in [2.24, 2.45) is 10.9 Å². The Kier molecular flexibility index (Phi) is 9.25. The van der Waals surface area contributed by atoms with Crippen LogP contribution in [0.25, 0.3) is 0 Å². The van der Waals surface area contributed by atoms with E-state index in [1.165, 1.54) is 12.8 Å². The second-order valence-corrected chi connectivity index (χ2v) is 7.35. The van der Waals surface area contributed by atoms with Crippen LogP contribution in [0.3, 0.4) is 0 Å². The fourth-order valence-corrected chi connectivity index (χ4v) is 3.34. The number of hydrogen-bond acceptors (Lipinski definition) is 4. The molecule has 1 atom stereocenters. The Bertz CT molecular complexity index is 628. The molecule has 6 nitrogen and oxygen atoms in total. The Hall–Kier alpha value is -0.930. The second kappa shape index (κ2) is 11.2. The molecule has 2 N–H and O–H groups in total. The van der Waals surface area contributed by atoms with Gasteiger partial charge in [0.25, 0.3) is 0 Å². The molecule has 2 fully saturated rings. The highest BCUT2D eigenvalue weighted by atomic mass is 127. The van der Waals surface area contributed by atoms with Crippen LogP contribution < -0.4 is 20.3 Å². The Morgan fingerprint density at radius 1 is 1.33 bits per heavy atom. The van der Waals surface area contributed by atoms with E-state index in [1.807, 2.05) is 18.2 Å². The zero-order valence-corrected chi connectivity index (χ0v) is 19.1. The molecular formula is C19H30ClIN4O2.